The van der Waals surface area contributed by atoms with Gasteiger partial charge in [-0.2, -0.15) is 0 Å². The maximum absolute atomic E-state index is 12.8. The molecule has 0 atom stereocenters. The van der Waals surface area contributed by atoms with Crippen LogP contribution in [0.3, 0.4) is 0 Å². The lowest BCUT2D eigenvalue weighted by Crippen LogP contribution is -2.30. The molecule has 0 unspecified atom stereocenters. The van der Waals surface area contributed by atoms with Crippen molar-refractivity contribution in [1.29, 1.82) is 0 Å². The Hall–Kier alpha value is -3.40. The zero-order chi connectivity index (χ0) is 18.8. The normalized spacial score (nSPS) is 13.0. The van der Waals surface area contributed by atoms with Gasteiger partial charge in [-0.3, -0.25) is 9.59 Å². The number of imide groups is 1. The van der Waals surface area contributed by atoms with Crippen molar-refractivity contribution in [1.82, 2.24) is 0 Å². The summed E-state index contributed by atoms with van der Waals surface area (Å²) in [6.07, 6.45) is 1.54. The Kier molecular flexibility index (Phi) is 4.47. The molecule has 0 saturated carbocycles. The quantitative estimate of drug-likeness (QED) is 0.640. The van der Waals surface area contributed by atoms with E-state index in [1.807, 2.05) is 48.5 Å². The fraction of sp³-hybridized carbons (Fsp3) is 0.130. The zero-order valence-corrected chi connectivity index (χ0v) is 15.0. The summed E-state index contributed by atoms with van der Waals surface area (Å²) in [4.78, 5) is 26.9. The Morgan fingerprint density at radius 1 is 0.741 bits per heavy atom. The van der Waals surface area contributed by atoms with Crippen LogP contribution in [-0.2, 0) is 12.8 Å². The molecule has 0 aromatic heterocycles. The van der Waals surface area contributed by atoms with Crippen LogP contribution in [0.2, 0.25) is 0 Å². The van der Waals surface area contributed by atoms with Crippen LogP contribution in [0, 0.1) is 0 Å². The number of methoxy groups -OCH3 is 1. The van der Waals surface area contributed by atoms with Crippen molar-refractivity contribution in [3.05, 3.63) is 95.1 Å². The number of amides is 2. The van der Waals surface area contributed by atoms with Gasteiger partial charge >= 0.3 is 0 Å². The molecule has 0 aliphatic carbocycles. The van der Waals surface area contributed by atoms with Crippen LogP contribution >= 0.6 is 0 Å². The zero-order valence-electron chi connectivity index (χ0n) is 15.0. The van der Waals surface area contributed by atoms with Crippen molar-refractivity contribution >= 4 is 17.5 Å². The minimum Gasteiger partial charge on any atom is -0.497 e. The number of carbonyl (C=O) groups excluding carboxylic acids is 2. The standard InChI is InChI=1S/C23H19NO3/c1-27-18-14-11-16(12-15-18)10-13-17-6-2-5-9-21(17)24-22(25)19-7-3-4-8-20(19)23(24)26/h2-9,11-12,14-15H,10,13H2,1H3. The molecule has 27 heavy (non-hydrogen) atoms. The van der Waals surface area contributed by atoms with Gasteiger partial charge in [0.15, 0.2) is 0 Å². The number of para-hydroxylation sites is 1. The van der Waals surface area contributed by atoms with Crippen LogP contribution in [0.4, 0.5) is 5.69 Å². The molecule has 134 valence electrons. The molecule has 4 rings (SSSR count). The number of hydrogen-bond acceptors (Lipinski definition) is 3. The largest absolute Gasteiger partial charge is 0.497 e. The number of fused-ring (bicyclic) bond motifs is 1. The third-order valence-electron chi connectivity index (χ3n) is 4.87. The molecule has 2 amide bonds. The first-order valence-corrected chi connectivity index (χ1v) is 8.87. The first-order chi connectivity index (χ1) is 13.2. The number of benzene rings is 3. The van der Waals surface area contributed by atoms with E-state index in [1.54, 1.807) is 31.4 Å². The number of hydrogen-bond donors (Lipinski definition) is 0. The molecule has 0 radical (unpaired) electrons. The van der Waals surface area contributed by atoms with Gasteiger partial charge in [-0.15, -0.1) is 0 Å². The highest BCUT2D eigenvalue weighted by molar-refractivity contribution is 6.34. The van der Waals surface area contributed by atoms with Gasteiger partial charge in [-0.1, -0.05) is 42.5 Å². The second kappa shape index (κ2) is 7.08. The first-order valence-electron chi connectivity index (χ1n) is 8.87. The van der Waals surface area contributed by atoms with Gasteiger partial charge in [0.25, 0.3) is 11.8 Å². The minimum atomic E-state index is -0.257. The van der Waals surface area contributed by atoms with Crippen LogP contribution in [0.25, 0.3) is 0 Å². The van der Waals surface area contributed by atoms with E-state index in [4.69, 9.17) is 4.74 Å². The summed E-state index contributed by atoms with van der Waals surface area (Å²) in [5.74, 6) is 0.310. The fourth-order valence-corrected chi connectivity index (χ4v) is 3.42. The van der Waals surface area contributed by atoms with Gasteiger partial charge in [0, 0.05) is 0 Å². The van der Waals surface area contributed by atoms with E-state index in [9.17, 15) is 9.59 Å². The Bertz CT molecular complexity index is 973. The summed E-state index contributed by atoms with van der Waals surface area (Å²) in [5.41, 5.74) is 3.74. The maximum Gasteiger partial charge on any atom is 0.266 e. The lowest BCUT2D eigenvalue weighted by atomic mass is 10.0. The minimum absolute atomic E-state index is 0.257. The average molecular weight is 357 g/mol. The topological polar surface area (TPSA) is 46.6 Å². The molecule has 0 saturated heterocycles. The van der Waals surface area contributed by atoms with Gasteiger partial charge in [0.1, 0.15) is 5.75 Å². The van der Waals surface area contributed by atoms with Crippen LogP contribution in [-0.4, -0.2) is 18.9 Å². The lowest BCUT2D eigenvalue weighted by molar-refractivity contribution is 0.0926. The van der Waals surface area contributed by atoms with Crippen LogP contribution in [0.1, 0.15) is 31.8 Å². The molecular formula is C23H19NO3. The third kappa shape index (κ3) is 3.10. The number of carbonyl (C=O) groups is 2. The number of nitrogens with zero attached hydrogens (tertiary/aromatic N) is 1. The van der Waals surface area contributed by atoms with Gasteiger partial charge in [-0.05, 0) is 54.3 Å². The van der Waals surface area contributed by atoms with Gasteiger partial charge in [0.05, 0.1) is 23.9 Å². The van der Waals surface area contributed by atoms with E-state index >= 15 is 0 Å². The van der Waals surface area contributed by atoms with Crippen molar-refractivity contribution in [2.75, 3.05) is 12.0 Å². The molecule has 0 fully saturated rings. The van der Waals surface area contributed by atoms with Gasteiger partial charge in [0.2, 0.25) is 0 Å². The highest BCUT2D eigenvalue weighted by Crippen LogP contribution is 2.31. The molecule has 4 heteroatoms. The van der Waals surface area contributed by atoms with Crippen molar-refractivity contribution in [3.8, 4) is 5.75 Å². The summed E-state index contributed by atoms with van der Waals surface area (Å²) in [5, 5.41) is 0. The van der Waals surface area contributed by atoms with E-state index in [2.05, 4.69) is 0 Å². The lowest BCUT2D eigenvalue weighted by Gasteiger charge is -2.18. The van der Waals surface area contributed by atoms with Crippen molar-refractivity contribution < 1.29 is 14.3 Å². The van der Waals surface area contributed by atoms with Crippen LogP contribution in [0.5, 0.6) is 5.75 Å². The number of aryl methyl sites for hydroxylation is 2. The molecule has 0 N–H and O–H groups in total. The summed E-state index contributed by atoms with van der Waals surface area (Å²) >= 11 is 0. The average Bonchev–Trinajstić information content (AvgIpc) is 2.98. The SMILES string of the molecule is COc1ccc(CCc2ccccc2N2C(=O)c3ccccc3C2=O)cc1. The highest BCUT2D eigenvalue weighted by Gasteiger charge is 2.37. The number of anilines is 1. The first kappa shape index (κ1) is 17.0. The summed E-state index contributed by atoms with van der Waals surface area (Å²) in [7, 11) is 1.65. The predicted molar refractivity (Wildman–Crippen MR) is 104 cm³/mol. The fourth-order valence-electron chi connectivity index (χ4n) is 3.42. The Balaban J connectivity index is 1.60. The molecule has 4 nitrogen and oxygen atoms in total. The summed E-state index contributed by atoms with van der Waals surface area (Å²) in [6.45, 7) is 0. The maximum atomic E-state index is 12.8. The van der Waals surface area contributed by atoms with Gasteiger partial charge < -0.3 is 4.74 Å². The summed E-state index contributed by atoms with van der Waals surface area (Å²) < 4.78 is 5.19. The van der Waals surface area contributed by atoms with Crippen molar-refractivity contribution in [2.45, 2.75) is 12.8 Å². The molecule has 1 aliphatic rings. The Morgan fingerprint density at radius 3 is 1.96 bits per heavy atom. The van der Waals surface area contributed by atoms with E-state index in [0.717, 1.165) is 24.2 Å². The van der Waals surface area contributed by atoms with E-state index in [0.29, 0.717) is 16.8 Å². The number of rotatable bonds is 5. The smallest absolute Gasteiger partial charge is 0.266 e. The molecule has 0 spiro atoms. The van der Waals surface area contributed by atoms with Crippen LogP contribution in [0.15, 0.2) is 72.8 Å². The monoisotopic (exact) mass is 357 g/mol. The van der Waals surface area contributed by atoms with E-state index < -0.39 is 0 Å². The highest BCUT2D eigenvalue weighted by atomic mass is 16.5. The Morgan fingerprint density at radius 2 is 1.33 bits per heavy atom. The van der Waals surface area contributed by atoms with Gasteiger partial charge in [-0.25, -0.2) is 4.90 Å². The van der Waals surface area contributed by atoms with E-state index in [1.165, 1.54) is 10.5 Å². The second-order valence-electron chi connectivity index (χ2n) is 6.47. The second-order valence-corrected chi connectivity index (χ2v) is 6.47. The Labute approximate surface area is 158 Å². The summed E-state index contributed by atoms with van der Waals surface area (Å²) in [6, 6.07) is 22.5. The molecular weight excluding hydrogens is 338 g/mol. The molecule has 3 aromatic carbocycles. The molecule has 3 aromatic rings. The predicted octanol–water partition coefficient (Wildman–Crippen LogP) is 4.28. The molecule has 0 bridgehead atoms. The third-order valence-corrected chi connectivity index (χ3v) is 4.87. The van der Waals surface area contributed by atoms with Crippen LogP contribution < -0.4 is 9.64 Å². The molecule has 1 heterocycles. The van der Waals surface area contributed by atoms with Crippen molar-refractivity contribution in [3.63, 3.8) is 0 Å². The molecule has 1 aliphatic heterocycles. The number of ether oxygens (including phenoxy) is 1. The van der Waals surface area contributed by atoms with Crippen molar-refractivity contribution in [2.24, 2.45) is 0 Å². The van der Waals surface area contributed by atoms with E-state index in [-0.39, 0.29) is 11.8 Å².